The van der Waals surface area contributed by atoms with Crippen LogP contribution in [0, 0.1) is 0 Å². The van der Waals surface area contributed by atoms with Gasteiger partial charge in [-0.15, -0.1) is 0 Å². The van der Waals surface area contributed by atoms with Crippen LogP contribution in [0.25, 0.3) is 0 Å². The highest BCUT2D eigenvalue weighted by atomic mass is 32.2. The number of likely N-dealkylation sites (tertiary alicyclic amines) is 1. The Morgan fingerprint density at radius 3 is 2.25 bits per heavy atom. The van der Waals surface area contributed by atoms with Gasteiger partial charge in [0.25, 0.3) is 0 Å². The van der Waals surface area contributed by atoms with Gasteiger partial charge in [0.1, 0.15) is 0 Å². The van der Waals surface area contributed by atoms with Gasteiger partial charge in [-0.25, -0.2) is 0 Å². The molecule has 0 aromatic carbocycles. The van der Waals surface area contributed by atoms with Crippen molar-refractivity contribution in [3.8, 4) is 0 Å². The Hall–Kier alpha value is -0.550. The van der Waals surface area contributed by atoms with Crippen LogP contribution in [0.5, 0.6) is 0 Å². The largest absolute Gasteiger partial charge is 0.310 e. The van der Waals surface area contributed by atoms with Gasteiger partial charge in [-0.3, -0.25) is 14.5 Å². The standard InChI is InChI=1S/C15H24N2O2S/c18-14-7-8-15(19)17(14)13-5-3-11(4-6-13)16-12-2-1-9-20-10-12/h11-13,16H,1-10H2/t11?,12-,13?/m1/s1. The van der Waals surface area contributed by atoms with E-state index in [0.29, 0.717) is 24.9 Å². The molecule has 0 aromatic heterocycles. The van der Waals surface area contributed by atoms with Gasteiger partial charge in [0.15, 0.2) is 0 Å². The Kier molecular flexibility index (Phi) is 4.66. The molecule has 0 radical (unpaired) electrons. The molecule has 4 nitrogen and oxygen atoms in total. The fourth-order valence-corrected chi connectivity index (χ4v) is 4.79. The Labute approximate surface area is 125 Å². The summed E-state index contributed by atoms with van der Waals surface area (Å²) >= 11 is 2.05. The van der Waals surface area contributed by atoms with Gasteiger partial charge in [-0.05, 0) is 44.3 Å². The monoisotopic (exact) mass is 296 g/mol. The number of carbonyl (C=O) groups excluding carboxylic acids is 2. The fourth-order valence-electron chi connectivity index (χ4n) is 3.71. The number of imide groups is 1. The summed E-state index contributed by atoms with van der Waals surface area (Å²) in [5, 5.41) is 3.78. The van der Waals surface area contributed by atoms with Crippen molar-refractivity contribution >= 4 is 23.6 Å². The molecule has 3 aliphatic rings. The summed E-state index contributed by atoms with van der Waals surface area (Å²) in [7, 11) is 0. The molecule has 1 aliphatic carbocycles. The quantitative estimate of drug-likeness (QED) is 0.809. The maximum absolute atomic E-state index is 11.8. The summed E-state index contributed by atoms with van der Waals surface area (Å²) in [6, 6.07) is 1.43. The van der Waals surface area contributed by atoms with Crippen molar-refractivity contribution in [2.75, 3.05) is 11.5 Å². The zero-order chi connectivity index (χ0) is 13.9. The Morgan fingerprint density at radius 1 is 0.950 bits per heavy atom. The lowest BCUT2D eigenvalue weighted by molar-refractivity contribution is -0.141. The first-order chi connectivity index (χ1) is 9.74. The average Bonchev–Trinajstić information content (AvgIpc) is 2.81. The number of hydrogen-bond acceptors (Lipinski definition) is 4. The zero-order valence-electron chi connectivity index (χ0n) is 12.0. The predicted molar refractivity (Wildman–Crippen MR) is 80.6 cm³/mol. The third-order valence-electron chi connectivity index (χ3n) is 4.78. The van der Waals surface area contributed by atoms with Crippen LogP contribution in [-0.2, 0) is 9.59 Å². The maximum Gasteiger partial charge on any atom is 0.229 e. The molecule has 112 valence electrons. The van der Waals surface area contributed by atoms with Crippen LogP contribution >= 0.6 is 11.8 Å². The van der Waals surface area contributed by atoms with E-state index in [1.165, 1.54) is 24.3 Å². The van der Waals surface area contributed by atoms with E-state index in [1.807, 2.05) is 0 Å². The normalized spacial score (nSPS) is 35.6. The van der Waals surface area contributed by atoms with Gasteiger partial charge in [0.05, 0.1) is 0 Å². The molecule has 3 rings (SSSR count). The van der Waals surface area contributed by atoms with Crippen molar-refractivity contribution in [2.45, 2.75) is 69.5 Å². The molecule has 1 atom stereocenters. The van der Waals surface area contributed by atoms with Crippen molar-refractivity contribution in [2.24, 2.45) is 0 Å². The summed E-state index contributed by atoms with van der Waals surface area (Å²) in [6.07, 6.45) is 7.65. The van der Waals surface area contributed by atoms with Crippen LogP contribution in [0.1, 0.15) is 51.4 Å². The Bertz CT molecular complexity index is 358. The van der Waals surface area contributed by atoms with Crippen LogP contribution in [0.15, 0.2) is 0 Å². The summed E-state index contributed by atoms with van der Waals surface area (Å²) < 4.78 is 0. The highest BCUT2D eigenvalue weighted by Crippen LogP contribution is 2.28. The molecule has 2 aliphatic heterocycles. The smallest absolute Gasteiger partial charge is 0.229 e. The maximum atomic E-state index is 11.8. The summed E-state index contributed by atoms with van der Waals surface area (Å²) in [4.78, 5) is 25.1. The summed E-state index contributed by atoms with van der Waals surface area (Å²) in [5.41, 5.74) is 0. The van der Waals surface area contributed by atoms with E-state index in [4.69, 9.17) is 0 Å². The molecule has 1 N–H and O–H groups in total. The molecular formula is C15H24N2O2S. The number of amides is 2. The number of hydrogen-bond donors (Lipinski definition) is 1. The lowest BCUT2D eigenvalue weighted by Gasteiger charge is -2.36. The Morgan fingerprint density at radius 2 is 1.65 bits per heavy atom. The minimum atomic E-state index is 0.0510. The number of nitrogens with zero attached hydrogens (tertiary/aromatic N) is 1. The van der Waals surface area contributed by atoms with Gasteiger partial charge in [-0.1, -0.05) is 0 Å². The third kappa shape index (κ3) is 3.19. The Balaban J connectivity index is 1.47. The summed E-state index contributed by atoms with van der Waals surface area (Å²) in [6.45, 7) is 0. The lowest BCUT2D eigenvalue weighted by Crippen LogP contribution is -2.47. The van der Waals surface area contributed by atoms with Crippen molar-refractivity contribution in [3.63, 3.8) is 0 Å². The van der Waals surface area contributed by atoms with Crippen molar-refractivity contribution < 1.29 is 9.59 Å². The topological polar surface area (TPSA) is 49.4 Å². The fraction of sp³-hybridized carbons (Fsp3) is 0.867. The molecule has 0 bridgehead atoms. The second-order valence-electron chi connectivity index (χ2n) is 6.24. The third-order valence-corrected chi connectivity index (χ3v) is 6.00. The lowest BCUT2D eigenvalue weighted by atomic mass is 9.89. The van der Waals surface area contributed by atoms with E-state index in [1.54, 1.807) is 4.90 Å². The van der Waals surface area contributed by atoms with E-state index in [2.05, 4.69) is 17.1 Å². The number of rotatable bonds is 3. The van der Waals surface area contributed by atoms with Crippen LogP contribution in [0.2, 0.25) is 0 Å². The molecular weight excluding hydrogens is 272 g/mol. The van der Waals surface area contributed by atoms with Crippen LogP contribution in [0.4, 0.5) is 0 Å². The molecule has 0 aromatic rings. The molecule has 2 saturated heterocycles. The van der Waals surface area contributed by atoms with Crippen molar-refractivity contribution in [1.82, 2.24) is 10.2 Å². The first kappa shape index (κ1) is 14.4. The van der Waals surface area contributed by atoms with Crippen molar-refractivity contribution in [3.05, 3.63) is 0 Å². The number of carbonyl (C=O) groups is 2. The van der Waals surface area contributed by atoms with Gasteiger partial charge in [-0.2, -0.15) is 11.8 Å². The minimum absolute atomic E-state index is 0.0510. The predicted octanol–water partition coefficient (Wildman–Crippen LogP) is 1.93. The number of thioether (sulfide) groups is 1. The second kappa shape index (κ2) is 6.48. The molecule has 3 fully saturated rings. The van der Waals surface area contributed by atoms with E-state index < -0.39 is 0 Å². The van der Waals surface area contributed by atoms with E-state index in [-0.39, 0.29) is 17.9 Å². The van der Waals surface area contributed by atoms with Gasteiger partial charge in [0, 0.05) is 36.7 Å². The van der Waals surface area contributed by atoms with Gasteiger partial charge in [0.2, 0.25) is 11.8 Å². The first-order valence-corrected chi connectivity index (χ1v) is 9.08. The highest BCUT2D eigenvalue weighted by molar-refractivity contribution is 7.99. The van der Waals surface area contributed by atoms with E-state index >= 15 is 0 Å². The van der Waals surface area contributed by atoms with Gasteiger partial charge >= 0.3 is 0 Å². The molecule has 20 heavy (non-hydrogen) atoms. The van der Waals surface area contributed by atoms with Crippen LogP contribution < -0.4 is 5.32 Å². The van der Waals surface area contributed by atoms with Crippen LogP contribution in [0.3, 0.4) is 0 Å². The molecule has 2 amide bonds. The van der Waals surface area contributed by atoms with Gasteiger partial charge < -0.3 is 5.32 Å². The summed E-state index contributed by atoms with van der Waals surface area (Å²) in [5.74, 6) is 2.65. The molecule has 5 heteroatoms. The van der Waals surface area contributed by atoms with Crippen molar-refractivity contribution in [1.29, 1.82) is 0 Å². The van der Waals surface area contributed by atoms with Crippen LogP contribution in [-0.4, -0.2) is 46.3 Å². The van der Waals surface area contributed by atoms with E-state index in [9.17, 15) is 9.59 Å². The molecule has 2 heterocycles. The highest BCUT2D eigenvalue weighted by Gasteiger charge is 2.37. The molecule has 0 unspecified atom stereocenters. The minimum Gasteiger partial charge on any atom is -0.310 e. The zero-order valence-corrected chi connectivity index (χ0v) is 12.8. The average molecular weight is 296 g/mol. The first-order valence-electron chi connectivity index (χ1n) is 7.92. The molecule has 0 spiro atoms. The SMILES string of the molecule is O=C1CCC(=O)N1C1CCC(N[C@@H]2CCCSC2)CC1. The molecule has 1 saturated carbocycles. The van der Waals surface area contributed by atoms with E-state index in [0.717, 1.165) is 25.7 Å². The second-order valence-corrected chi connectivity index (χ2v) is 7.39. The number of nitrogens with one attached hydrogen (secondary N) is 1.